The van der Waals surface area contributed by atoms with E-state index in [0.29, 0.717) is 19.1 Å². The summed E-state index contributed by atoms with van der Waals surface area (Å²) < 4.78 is 5.55. The first-order chi connectivity index (χ1) is 7.13. The molecule has 1 unspecified atom stereocenters. The molecule has 0 bridgehead atoms. The average molecular weight is 207 g/mol. The Kier molecular flexibility index (Phi) is 4.79. The molecule has 15 heavy (non-hydrogen) atoms. The zero-order chi connectivity index (χ0) is 11.3. The molecular formula is C13H21NO. The van der Waals surface area contributed by atoms with Crippen LogP contribution in [0.25, 0.3) is 0 Å². The normalized spacial score (nSPS) is 13.1. The van der Waals surface area contributed by atoms with Crippen molar-refractivity contribution in [2.24, 2.45) is 5.73 Å². The predicted molar refractivity (Wildman–Crippen MR) is 63.8 cm³/mol. The van der Waals surface area contributed by atoms with E-state index in [1.54, 1.807) is 0 Å². The minimum Gasteiger partial charge on any atom is -0.373 e. The SMILES string of the molecule is CC(CN)OCc1ccc(C(C)C)cc1. The van der Waals surface area contributed by atoms with Gasteiger partial charge in [-0.2, -0.15) is 0 Å². The van der Waals surface area contributed by atoms with Crippen LogP contribution >= 0.6 is 0 Å². The molecule has 0 aliphatic rings. The van der Waals surface area contributed by atoms with E-state index in [1.165, 1.54) is 11.1 Å². The van der Waals surface area contributed by atoms with Gasteiger partial charge in [-0.05, 0) is 24.0 Å². The maximum absolute atomic E-state index is 5.55. The molecule has 1 rings (SSSR count). The van der Waals surface area contributed by atoms with Gasteiger partial charge < -0.3 is 10.5 Å². The van der Waals surface area contributed by atoms with Crippen molar-refractivity contribution in [1.82, 2.24) is 0 Å². The van der Waals surface area contributed by atoms with E-state index in [-0.39, 0.29) is 6.10 Å². The molecule has 2 heteroatoms. The number of ether oxygens (including phenoxy) is 1. The second-order valence-corrected chi connectivity index (χ2v) is 4.25. The Hall–Kier alpha value is -0.860. The van der Waals surface area contributed by atoms with Crippen molar-refractivity contribution in [2.45, 2.75) is 39.4 Å². The van der Waals surface area contributed by atoms with E-state index in [9.17, 15) is 0 Å². The van der Waals surface area contributed by atoms with Crippen molar-refractivity contribution in [3.05, 3.63) is 35.4 Å². The van der Waals surface area contributed by atoms with E-state index in [2.05, 4.69) is 38.1 Å². The molecule has 0 aromatic heterocycles. The quantitative estimate of drug-likeness (QED) is 0.805. The van der Waals surface area contributed by atoms with Gasteiger partial charge in [0.15, 0.2) is 0 Å². The van der Waals surface area contributed by atoms with Crippen molar-refractivity contribution in [3.8, 4) is 0 Å². The Morgan fingerprint density at radius 1 is 1.13 bits per heavy atom. The predicted octanol–water partition coefficient (Wildman–Crippen LogP) is 2.67. The fraction of sp³-hybridized carbons (Fsp3) is 0.538. The fourth-order valence-electron chi connectivity index (χ4n) is 1.31. The number of rotatable bonds is 5. The Bertz CT molecular complexity index is 279. The van der Waals surface area contributed by atoms with Crippen LogP contribution in [0.1, 0.15) is 37.8 Å². The lowest BCUT2D eigenvalue weighted by Gasteiger charge is -2.11. The first-order valence-corrected chi connectivity index (χ1v) is 5.54. The maximum Gasteiger partial charge on any atom is 0.0721 e. The molecule has 0 fully saturated rings. The summed E-state index contributed by atoms with van der Waals surface area (Å²) in [7, 11) is 0. The summed E-state index contributed by atoms with van der Waals surface area (Å²) in [6, 6.07) is 8.57. The molecule has 0 aliphatic heterocycles. The van der Waals surface area contributed by atoms with Gasteiger partial charge in [0.05, 0.1) is 12.7 Å². The van der Waals surface area contributed by atoms with Crippen molar-refractivity contribution in [3.63, 3.8) is 0 Å². The summed E-state index contributed by atoms with van der Waals surface area (Å²) in [6.07, 6.45) is 0.134. The summed E-state index contributed by atoms with van der Waals surface area (Å²) in [5.41, 5.74) is 8.05. The highest BCUT2D eigenvalue weighted by Gasteiger charge is 2.01. The van der Waals surface area contributed by atoms with Gasteiger partial charge >= 0.3 is 0 Å². The standard InChI is InChI=1S/C13H21NO/c1-10(2)13-6-4-12(5-7-13)9-15-11(3)8-14/h4-7,10-11H,8-9,14H2,1-3H3. The van der Waals surface area contributed by atoms with Gasteiger partial charge in [-0.1, -0.05) is 38.1 Å². The monoisotopic (exact) mass is 207 g/mol. The maximum atomic E-state index is 5.55. The second kappa shape index (κ2) is 5.89. The lowest BCUT2D eigenvalue weighted by molar-refractivity contribution is 0.0590. The Morgan fingerprint density at radius 2 is 1.73 bits per heavy atom. The third kappa shape index (κ3) is 4.02. The Balaban J connectivity index is 2.50. The van der Waals surface area contributed by atoms with Gasteiger partial charge in [-0.15, -0.1) is 0 Å². The Morgan fingerprint density at radius 3 is 2.20 bits per heavy atom. The van der Waals surface area contributed by atoms with Crippen LogP contribution in [0.2, 0.25) is 0 Å². The summed E-state index contributed by atoms with van der Waals surface area (Å²) in [5.74, 6) is 0.586. The van der Waals surface area contributed by atoms with Crippen LogP contribution in [0.15, 0.2) is 24.3 Å². The first kappa shape index (κ1) is 12.2. The fourth-order valence-corrected chi connectivity index (χ4v) is 1.31. The number of hydrogen-bond acceptors (Lipinski definition) is 2. The lowest BCUT2D eigenvalue weighted by atomic mass is 10.0. The molecule has 0 heterocycles. The zero-order valence-electron chi connectivity index (χ0n) is 9.86. The molecule has 0 aliphatic carbocycles. The molecule has 2 nitrogen and oxygen atoms in total. The van der Waals surface area contributed by atoms with Gasteiger partial charge in [0.1, 0.15) is 0 Å². The molecular weight excluding hydrogens is 186 g/mol. The molecule has 0 spiro atoms. The highest BCUT2D eigenvalue weighted by atomic mass is 16.5. The van der Waals surface area contributed by atoms with Crippen molar-refractivity contribution < 1.29 is 4.74 Å². The van der Waals surface area contributed by atoms with E-state index < -0.39 is 0 Å². The van der Waals surface area contributed by atoms with Crippen LogP contribution in [0.4, 0.5) is 0 Å². The third-order valence-corrected chi connectivity index (χ3v) is 2.51. The third-order valence-electron chi connectivity index (χ3n) is 2.51. The van der Waals surface area contributed by atoms with Crippen molar-refractivity contribution >= 4 is 0 Å². The summed E-state index contributed by atoms with van der Waals surface area (Å²) >= 11 is 0. The minimum absolute atomic E-state index is 0.134. The van der Waals surface area contributed by atoms with Crippen LogP contribution in [-0.4, -0.2) is 12.6 Å². The largest absolute Gasteiger partial charge is 0.373 e. The number of nitrogens with two attached hydrogens (primary N) is 1. The van der Waals surface area contributed by atoms with Gasteiger partial charge in [-0.3, -0.25) is 0 Å². The van der Waals surface area contributed by atoms with Crippen molar-refractivity contribution in [2.75, 3.05) is 6.54 Å². The molecule has 1 atom stereocenters. The van der Waals surface area contributed by atoms with Gasteiger partial charge in [-0.25, -0.2) is 0 Å². The molecule has 84 valence electrons. The van der Waals surface area contributed by atoms with E-state index in [0.717, 1.165) is 0 Å². The smallest absolute Gasteiger partial charge is 0.0721 e. The van der Waals surface area contributed by atoms with Gasteiger partial charge in [0.2, 0.25) is 0 Å². The Labute approximate surface area is 92.4 Å². The lowest BCUT2D eigenvalue weighted by Crippen LogP contribution is -2.19. The van der Waals surface area contributed by atoms with Gasteiger partial charge in [0.25, 0.3) is 0 Å². The summed E-state index contributed by atoms with van der Waals surface area (Å²) in [4.78, 5) is 0. The molecule has 0 radical (unpaired) electrons. The summed E-state index contributed by atoms with van der Waals surface area (Å²) in [5, 5.41) is 0. The van der Waals surface area contributed by atoms with Crippen LogP contribution in [0, 0.1) is 0 Å². The highest BCUT2D eigenvalue weighted by molar-refractivity contribution is 5.24. The highest BCUT2D eigenvalue weighted by Crippen LogP contribution is 2.15. The average Bonchev–Trinajstić information content (AvgIpc) is 2.26. The van der Waals surface area contributed by atoms with Crippen LogP contribution in [0.5, 0.6) is 0 Å². The van der Waals surface area contributed by atoms with E-state index in [1.807, 2.05) is 6.92 Å². The molecule has 1 aromatic rings. The molecule has 1 aromatic carbocycles. The number of hydrogen-bond donors (Lipinski definition) is 1. The minimum atomic E-state index is 0.134. The summed E-state index contributed by atoms with van der Waals surface area (Å²) in [6.45, 7) is 7.60. The zero-order valence-corrected chi connectivity index (χ0v) is 9.86. The van der Waals surface area contributed by atoms with Crippen LogP contribution < -0.4 is 5.73 Å². The molecule has 0 saturated carbocycles. The molecule has 0 amide bonds. The number of benzene rings is 1. The molecule has 0 saturated heterocycles. The second-order valence-electron chi connectivity index (χ2n) is 4.25. The topological polar surface area (TPSA) is 35.2 Å². The van der Waals surface area contributed by atoms with Crippen molar-refractivity contribution in [1.29, 1.82) is 0 Å². The van der Waals surface area contributed by atoms with Crippen LogP contribution in [-0.2, 0) is 11.3 Å². The van der Waals surface area contributed by atoms with Gasteiger partial charge in [0, 0.05) is 6.54 Å². The van der Waals surface area contributed by atoms with E-state index >= 15 is 0 Å². The van der Waals surface area contributed by atoms with Crippen LogP contribution in [0.3, 0.4) is 0 Å². The van der Waals surface area contributed by atoms with E-state index in [4.69, 9.17) is 10.5 Å². The molecule has 2 N–H and O–H groups in total. The first-order valence-electron chi connectivity index (χ1n) is 5.54.